The van der Waals surface area contributed by atoms with E-state index in [2.05, 4.69) is 4.72 Å². The molecule has 1 saturated heterocycles. The number of nitrogens with zero attached hydrogens (tertiary/aromatic N) is 1. The predicted molar refractivity (Wildman–Crippen MR) is 70.1 cm³/mol. The van der Waals surface area contributed by atoms with Crippen LogP contribution in [-0.4, -0.2) is 51.4 Å². The van der Waals surface area contributed by atoms with Crippen molar-refractivity contribution in [1.29, 1.82) is 0 Å². The largest absolute Gasteiger partial charge is 0.379 e. The average molecular weight is 284 g/mol. The fraction of sp³-hybridized carbons (Fsp3) is 0.417. The van der Waals surface area contributed by atoms with Crippen molar-refractivity contribution in [3.63, 3.8) is 0 Å². The summed E-state index contributed by atoms with van der Waals surface area (Å²) in [6.07, 6.45) is 0. The van der Waals surface area contributed by atoms with Gasteiger partial charge in [-0.2, -0.15) is 17.4 Å². The lowest BCUT2D eigenvalue weighted by Gasteiger charge is -2.25. The first-order chi connectivity index (χ1) is 9.09. The highest BCUT2D eigenvalue weighted by atomic mass is 32.2. The van der Waals surface area contributed by atoms with Gasteiger partial charge in [0.15, 0.2) is 5.78 Å². The quantitative estimate of drug-likeness (QED) is 0.774. The summed E-state index contributed by atoms with van der Waals surface area (Å²) < 4.78 is 32.6. The highest BCUT2D eigenvalue weighted by molar-refractivity contribution is 7.87. The molecule has 1 aliphatic heterocycles. The Labute approximate surface area is 112 Å². The third-order valence-corrected chi connectivity index (χ3v) is 4.37. The second-order valence-corrected chi connectivity index (χ2v) is 5.88. The van der Waals surface area contributed by atoms with Crippen LogP contribution >= 0.6 is 0 Å². The Hall–Kier alpha value is -1.28. The SMILES string of the molecule is O=C(CNS(=O)(=O)N1CCOCC1)c1ccccc1. The molecule has 2 rings (SSSR count). The number of hydrogen-bond donors (Lipinski definition) is 1. The number of ketones is 1. The number of nitrogens with one attached hydrogen (secondary N) is 1. The van der Waals surface area contributed by atoms with E-state index in [1.165, 1.54) is 4.31 Å². The van der Waals surface area contributed by atoms with E-state index < -0.39 is 10.2 Å². The Morgan fingerprint density at radius 3 is 2.47 bits per heavy atom. The number of rotatable bonds is 5. The van der Waals surface area contributed by atoms with Crippen LogP contribution < -0.4 is 4.72 Å². The molecular weight excluding hydrogens is 268 g/mol. The van der Waals surface area contributed by atoms with Crippen molar-refractivity contribution in [1.82, 2.24) is 9.03 Å². The molecule has 1 fully saturated rings. The lowest BCUT2D eigenvalue weighted by molar-refractivity contribution is 0.0724. The summed E-state index contributed by atoms with van der Waals surface area (Å²) in [7, 11) is -3.60. The molecule has 104 valence electrons. The normalized spacial score (nSPS) is 17.3. The molecule has 0 bridgehead atoms. The van der Waals surface area contributed by atoms with Gasteiger partial charge in [-0.05, 0) is 0 Å². The van der Waals surface area contributed by atoms with Crippen LogP contribution in [0.2, 0.25) is 0 Å². The van der Waals surface area contributed by atoms with Gasteiger partial charge in [-0.15, -0.1) is 0 Å². The molecule has 19 heavy (non-hydrogen) atoms. The summed E-state index contributed by atoms with van der Waals surface area (Å²) >= 11 is 0. The van der Waals surface area contributed by atoms with Gasteiger partial charge in [-0.25, -0.2) is 0 Å². The number of carbonyl (C=O) groups is 1. The van der Waals surface area contributed by atoms with Gasteiger partial charge in [-0.3, -0.25) is 4.79 Å². The summed E-state index contributed by atoms with van der Waals surface area (Å²) in [5.41, 5.74) is 0.493. The number of ether oxygens (including phenoxy) is 1. The molecule has 0 aromatic heterocycles. The fourth-order valence-electron chi connectivity index (χ4n) is 1.76. The van der Waals surface area contributed by atoms with E-state index in [0.29, 0.717) is 31.9 Å². The number of Topliss-reactive ketones (excluding diaryl/α,β-unsaturated/α-hetero) is 1. The summed E-state index contributed by atoms with van der Waals surface area (Å²) in [5, 5.41) is 0. The van der Waals surface area contributed by atoms with E-state index in [1.54, 1.807) is 30.3 Å². The molecule has 0 amide bonds. The molecule has 7 heteroatoms. The Morgan fingerprint density at radius 2 is 1.84 bits per heavy atom. The molecule has 0 saturated carbocycles. The van der Waals surface area contributed by atoms with E-state index in [-0.39, 0.29) is 12.3 Å². The fourth-order valence-corrected chi connectivity index (χ4v) is 2.89. The lowest BCUT2D eigenvalue weighted by Crippen LogP contribution is -2.47. The third kappa shape index (κ3) is 3.84. The Balaban J connectivity index is 1.92. The monoisotopic (exact) mass is 284 g/mol. The number of carbonyl (C=O) groups excluding carboxylic acids is 1. The van der Waals surface area contributed by atoms with Gasteiger partial charge in [-0.1, -0.05) is 30.3 Å². The van der Waals surface area contributed by atoms with Gasteiger partial charge >= 0.3 is 0 Å². The van der Waals surface area contributed by atoms with Gasteiger partial charge in [0.1, 0.15) is 0 Å². The van der Waals surface area contributed by atoms with E-state index >= 15 is 0 Å². The molecule has 1 heterocycles. The highest BCUT2D eigenvalue weighted by Gasteiger charge is 2.24. The van der Waals surface area contributed by atoms with Crippen LogP contribution in [0.5, 0.6) is 0 Å². The second-order valence-electron chi connectivity index (χ2n) is 4.13. The molecule has 0 radical (unpaired) electrons. The number of benzene rings is 1. The Morgan fingerprint density at radius 1 is 1.21 bits per heavy atom. The van der Waals surface area contributed by atoms with Crippen molar-refractivity contribution in [3.8, 4) is 0 Å². The Kier molecular flexibility index (Phi) is 4.65. The van der Waals surface area contributed by atoms with Crippen LogP contribution in [0.25, 0.3) is 0 Å². The Bertz CT molecular complexity index is 524. The van der Waals surface area contributed by atoms with Gasteiger partial charge in [0.25, 0.3) is 10.2 Å². The van der Waals surface area contributed by atoms with Crippen molar-refractivity contribution < 1.29 is 17.9 Å². The first kappa shape index (κ1) is 14.1. The summed E-state index contributed by atoms with van der Waals surface area (Å²) in [4.78, 5) is 11.8. The number of hydrogen-bond acceptors (Lipinski definition) is 4. The zero-order valence-electron chi connectivity index (χ0n) is 10.4. The average Bonchev–Trinajstić information content (AvgIpc) is 2.47. The van der Waals surface area contributed by atoms with Crippen molar-refractivity contribution in [2.24, 2.45) is 0 Å². The zero-order valence-corrected chi connectivity index (χ0v) is 11.2. The molecule has 0 aliphatic carbocycles. The smallest absolute Gasteiger partial charge is 0.280 e. The molecular formula is C12H16N2O4S. The highest BCUT2D eigenvalue weighted by Crippen LogP contribution is 2.04. The zero-order chi connectivity index (χ0) is 13.7. The molecule has 6 nitrogen and oxygen atoms in total. The minimum absolute atomic E-state index is 0.232. The first-order valence-electron chi connectivity index (χ1n) is 6.00. The van der Waals surface area contributed by atoms with Crippen LogP contribution in [0.4, 0.5) is 0 Å². The minimum Gasteiger partial charge on any atom is -0.379 e. The van der Waals surface area contributed by atoms with Crippen molar-refractivity contribution in [3.05, 3.63) is 35.9 Å². The standard InChI is InChI=1S/C12H16N2O4S/c15-12(11-4-2-1-3-5-11)10-13-19(16,17)14-6-8-18-9-7-14/h1-5,13H,6-10H2. The number of morpholine rings is 1. The molecule has 0 unspecified atom stereocenters. The van der Waals surface area contributed by atoms with Gasteiger partial charge in [0.05, 0.1) is 19.8 Å². The van der Waals surface area contributed by atoms with E-state index in [9.17, 15) is 13.2 Å². The first-order valence-corrected chi connectivity index (χ1v) is 7.44. The minimum atomic E-state index is -3.60. The molecule has 1 N–H and O–H groups in total. The van der Waals surface area contributed by atoms with Crippen LogP contribution in [0.15, 0.2) is 30.3 Å². The predicted octanol–water partition coefficient (Wildman–Crippen LogP) is 0.0359. The van der Waals surface area contributed by atoms with Crippen LogP contribution in [0.1, 0.15) is 10.4 Å². The summed E-state index contributed by atoms with van der Waals surface area (Å²) in [5.74, 6) is -0.252. The summed E-state index contributed by atoms with van der Waals surface area (Å²) in [6, 6.07) is 8.60. The summed E-state index contributed by atoms with van der Waals surface area (Å²) in [6.45, 7) is 1.16. The molecule has 0 spiro atoms. The van der Waals surface area contributed by atoms with E-state index in [1.807, 2.05) is 0 Å². The van der Waals surface area contributed by atoms with Crippen LogP contribution in [-0.2, 0) is 14.9 Å². The molecule has 1 aromatic rings. The maximum atomic E-state index is 11.9. The third-order valence-electron chi connectivity index (χ3n) is 2.82. The van der Waals surface area contributed by atoms with Gasteiger partial charge in [0.2, 0.25) is 0 Å². The van der Waals surface area contributed by atoms with Crippen LogP contribution in [0.3, 0.4) is 0 Å². The molecule has 0 atom stereocenters. The topological polar surface area (TPSA) is 75.7 Å². The van der Waals surface area contributed by atoms with Crippen molar-refractivity contribution >= 4 is 16.0 Å². The van der Waals surface area contributed by atoms with Gasteiger partial charge < -0.3 is 4.74 Å². The van der Waals surface area contributed by atoms with Crippen LogP contribution in [0, 0.1) is 0 Å². The van der Waals surface area contributed by atoms with E-state index in [0.717, 1.165) is 0 Å². The second kappa shape index (κ2) is 6.25. The maximum Gasteiger partial charge on any atom is 0.280 e. The van der Waals surface area contributed by atoms with Crippen molar-refractivity contribution in [2.45, 2.75) is 0 Å². The maximum absolute atomic E-state index is 11.9. The van der Waals surface area contributed by atoms with Crippen molar-refractivity contribution in [2.75, 3.05) is 32.8 Å². The lowest BCUT2D eigenvalue weighted by atomic mass is 10.1. The molecule has 1 aliphatic rings. The van der Waals surface area contributed by atoms with E-state index in [4.69, 9.17) is 4.74 Å². The molecule has 1 aromatic carbocycles. The van der Waals surface area contributed by atoms with Gasteiger partial charge in [0, 0.05) is 18.7 Å².